The molecule has 0 saturated carbocycles. The Balaban J connectivity index is 1.87. The zero-order valence-corrected chi connectivity index (χ0v) is 24.6. The third kappa shape index (κ3) is 9.35. The first-order chi connectivity index (χ1) is 19.9. The Morgan fingerprint density at radius 1 is 0.952 bits per heavy atom. The second kappa shape index (κ2) is 15.0. The number of nitrogens with zero attached hydrogens (tertiary/aromatic N) is 2. The van der Waals surface area contributed by atoms with Crippen molar-refractivity contribution in [1.29, 1.82) is 0 Å². The molecule has 0 spiro atoms. The van der Waals surface area contributed by atoms with Crippen molar-refractivity contribution in [2.75, 3.05) is 13.2 Å². The molecule has 42 heavy (non-hydrogen) atoms. The molecule has 0 saturated heterocycles. The van der Waals surface area contributed by atoms with Crippen LogP contribution in [0, 0.1) is 11.8 Å². The molecule has 0 fully saturated rings. The van der Waals surface area contributed by atoms with Gasteiger partial charge in [0.2, 0.25) is 6.10 Å². The average molecular weight is 578 g/mol. The Labute approximate surface area is 245 Å². The van der Waals surface area contributed by atoms with E-state index in [0.29, 0.717) is 0 Å². The van der Waals surface area contributed by atoms with Crippen LogP contribution < -0.4 is 11.2 Å². The fourth-order valence-corrected chi connectivity index (χ4v) is 3.82. The number of nitrogens with one attached hydrogen (secondary N) is 2. The van der Waals surface area contributed by atoms with E-state index in [1.165, 1.54) is 18.0 Å². The molecular formula is C31H39N5O6. The number of amides is 1. The van der Waals surface area contributed by atoms with Crippen LogP contribution in [0.25, 0.3) is 11.1 Å². The lowest BCUT2D eigenvalue weighted by atomic mass is 10.0. The first kappa shape index (κ1) is 32.2. The molecule has 0 aliphatic rings. The summed E-state index contributed by atoms with van der Waals surface area (Å²) in [7, 11) is 0. The minimum atomic E-state index is -1.38. The Bertz CT molecular complexity index is 1350. The molecule has 11 heteroatoms. The van der Waals surface area contributed by atoms with E-state index < -0.39 is 30.0 Å². The van der Waals surface area contributed by atoms with Gasteiger partial charge < -0.3 is 15.2 Å². The number of aromatic nitrogens is 2. The second-order valence-corrected chi connectivity index (χ2v) is 10.8. The van der Waals surface area contributed by atoms with Crippen molar-refractivity contribution in [3.05, 3.63) is 77.6 Å². The smallest absolute Gasteiger partial charge is 0.348 e. The molecule has 224 valence electrons. The van der Waals surface area contributed by atoms with Crippen LogP contribution in [0.5, 0.6) is 0 Å². The third-order valence-electron chi connectivity index (χ3n) is 6.33. The summed E-state index contributed by atoms with van der Waals surface area (Å²) in [4.78, 5) is 50.6. The highest BCUT2D eigenvalue weighted by molar-refractivity contribution is 5.97. The SMILES string of the molecule is CC(=O)c1cc(C(=O)NN(Cc2ccc(-c3ccccc3)cc2)C[C@@H](OC(=O)[C@@H](N)C(C)C)C(=O)OCC(C)C)[nH]n1. The van der Waals surface area contributed by atoms with E-state index in [9.17, 15) is 19.2 Å². The number of esters is 2. The number of hydrogen-bond acceptors (Lipinski definition) is 9. The number of rotatable bonds is 14. The van der Waals surface area contributed by atoms with Gasteiger partial charge in [0, 0.05) is 13.5 Å². The minimum absolute atomic E-state index is 0.0439. The Kier molecular flexibility index (Phi) is 11.5. The van der Waals surface area contributed by atoms with Crippen LogP contribution in [0.1, 0.15) is 61.2 Å². The third-order valence-corrected chi connectivity index (χ3v) is 6.33. The van der Waals surface area contributed by atoms with Gasteiger partial charge in [-0.15, -0.1) is 0 Å². The summed E-state index contributed by atoms with van der Waals surface area (Å²) in [5, 5.41) is 7.86. The van der Waals surface area contributed by atoms with Gasteiger partial charge in [-0.3, -0.25) is 24.9 Å². The van der Waals surface area contributed by atoms with Gasteiger partial charge in [0.05, 0.1) is 13.2 Å². The number of hydrazine groups is 1. The van der Waals surface area contributed by atoms with Crippen molar-refractivity contribution in [2.45, 2.75) is 53.3 Å². The number of carbonyl (C=O) groups excluding carboxylic acids is 4. The fourth-order valence-electron chi connectivity index (χ4n) is 3.82. The number of carbonyl (C=O) groups is 4. The van der Waals surface area contributed by atoms with Gasteiger partial charge in [-0.2, -0.15) is 5.10 Å². The topological polar surface area (TPSA) is 157 Å². The Morgan fingerprint density at radius 3 is 2.17 bits per heavy atom. The van der Waals surface area contributed by atoms with Crippen molar-refractivity contribution >= 4 is 23.6 Å². The van der Waals surface area contributed by atoms with Crippen molar-refractivity contribution in [1.82, 2.24) is 20.6 Å². The van der Waals surface area contributed by atoms with E-state index in [2.05, 4.69) is 15.6 Å². The number of H-pyrrole nitrogens is 1. The van der Waals surface area contributed by atoms with Crippen LogP contribution >= 0.6 is 0 Å². The Morgan fingerprint density at radius 2 is 1.60 bits per heavy atom. The normalized spacial score (nSPS) is 12.7. The first-order valence-electron chi connectivity index (χ1n) is 13.8. The van der Waals surface area contributed by atoms with Gasteiger partial charge in [0.15, 0.2) is 5.78 Å². The summed E-state index contributed by atoms with van der Waals surface area (Å²) in [5.41, 5.74) is 11.7. The molecule has 1 aromatic heterocycles. The van der Waals surface area contributed by atoms with Crippen molar-refractivity contribution in [3.8, 4) is 11.1 Å². The van der Waals surface area contributed by atoms with E-state index >= 15 is 0 Å². The maximum Gasteiger partial charge on any atom is 0.348 e. The van der Waals surface area contributed by atoms with Gasteiger partial charge in [0.25, 0.3) is 5.91 Å². The lowest BCUT2D eigenvalue weighted by Gasteiger charge is -2.28. The van der Waals surface area contributed by atoms with Crippen LogP contribution in [-0.4, -0.2) is 64.1 Å². The van der Waals surface area contributed by atoms with Crippen LogP contribution in [0.2, 0.25) is 0 Å². The molecule has 0 aliphatic carbocycles. The zero-order chi connectivity index (χ0) is 30.8. The van der Waals surface area contributed by atoms with E-state index in [0.717, 1.165) is 16.7 Å². The van der Waals surface area contributed by atoms with E-state index in [1.807, 2.05) is 68.4 Å². The molecule has 4 N–H and O–H groups in total. The van der Waals surface area contributed by atoms with Crippen molar-refractivity contribution in [3.63, 3.8) is 0 Å². The van der Waals surface area contributed by atoms with Crippen molar-refractivity contribution in [2.24, 2.45) is 17.6 Å². The highest BCUT2D eigenvalue weighted by Crippen LogP contribution is 2.20. The van der Waals surface area contributed by atoms with Crippen molar-refractivity contribution < 1.29 is 28.7 Å². The molecule has 2 aromatic carbocycles. The second-order valence-electron chi connectivity index (χ2n) is 10.8. The summed E-state index contributed by atoms with van der Waals surface area (Å²) in [6, 6.07) is 18.0. The number of hydrogen-bond donors (Lipinski definition) is 3. The summed E-state index contributed by atoms with van der Waals surface area (Å²) >= 11 is 0. The van der Waals surface area contributed by atoms with E-state index in [4.69, 9.17) is 15.2 Å². The number of ketones is 1. The summed E-state index contributed by atoms with van der Waals surface area (Å²) < 4.78 is 10.9. The summed E-state index contributed by atoms with van der Waals surface area (Å²) in [6.07, 6.45) is -1.38. The summed E-state index contributed by atoms with van der Waals surface area (Å²) in [5.74, 6) is -2.59. The van der Waals surface area contributed by atoms with Crippen LogP contribution in [0.15, 0.2) is 60.7 Å². The highest BCUT2D eigenvalue weighted by Gasteiger charge is 2.31. The van der Waals surface area contributed by atoms with Gasteiger partial charge in [-0.25, -0.2) is 9.80 Å². The largest absolute Gasteiger partial charge is 0.463 e. The molecule has 3 aromatic rings. The molecule has 1 heterocycles. The van der Waals surface area contributed by atoms with E-state index in [1.54, 1.807) is 13.8 Å². The molecule has 3 rings (SSSR count). The highest BCUT2D eigenvalue weighted by atomic mass is 16.6. The lowest BCUT2D eigenvalue weighted by Crippen LogP contribution is -2.50. The van der Waals surface area contributed by atoms with Gasteiger partial charge in [-0.1, -0.05) is 82.3 Å². The minimum Gasteiger partial charge on any atom is -0.463 e. The number of nitrogens with two attached hydrogens (primary N) is 1. The monoisotopic (exact) mass is 577 g/mol. The van der Waals surface area contributed by atoms with Gasteiger partial charge >= 0.3 is 11.9 Å². The van der Waals surface area contributed by atoms with Crippen LogP contribution in [0.3, 0.4) is 0 Å². The van der Waals surface area contributed by atoms with Crippen LogP contribution in [0.4, 0.5) is 0 Å². The first-order valence-corrected chi connectivity index (χ1v) is 13.8. The molecular weight excluding hydrogens is 538 g/mol. The fraction of sp³-hybridized carbons (Fsp3) is 0.387. The maximum absolute atomic E-state index is 13.1. The molecule has 0 bridgehead atoms. The molecule has 1 amide bonds. The number of aromatic amines is 1. The zero-order valence-electron chi connectivity index (χ0n) is 24.6. The predicted molar refractivity (Wildman–Crippen MR) is 157 cm³/mol. The Hall–Kier alpha value is -4.35. The number of benzene rings is 2. The molecule has 2 atom stereocenters. The predicted octanol–water partition coefficient (Wildman–Crippen LogP) is 3.52. The maximum atomic E-state index is 13.1. The average Bonchev–Trinajstić information content (AvgIpc) is 3.47. The number of Topliss-reactive ketones (excluding diaryl/α,β-unsaturated/α-hetero) is 1. The van der Waals surface area contributed by atoms with Crippen LogP contribution in [-0.2, 0) is 25.6 Å². The standard InChI is InChI=1S/C31H39N5O6/c1-19(2)18-41-30(39)27(42-31(40)28(32)20(3)4)17-36(35-29(38)26-15-25(21(5)37)33-34-26)16-22-11-13-24(14-12-22)23-9-7-6-8-10-23/h6-15,19-20,27-28H,16-18,32H2,1-5H3,(H,33,34)(H,35,38)/t27-,28+/m1/s1. The summed E-state index contributed by atoms with van der Waals surface area (Å²) in [6.45, 7) is 8.68. The molecule has 0 unspecified atom stereocenters. The lowest BCUT2D eigenvalue weighted by molar-refractivity contribution is -0.171. The van der Waals surface area contributed by atoms with Gasteiger partial charge in [0.1, 0.15) is 17.4 Å². The quantitative estimate of drug-likeness (QED) is 0.148. The number of ether oxygens (including phenoxy) is 2. The van der Waals surface area contributed by atoms with Gasteiger partial charge in [-0.05, 0) is 34.6 Å². The molecule has 0 radical (unpaired) electrons. The molecule has 0 aliphatic heterocycles. The van der Waals surface area contributed by atoms with E-state index in [-0.39, 0.29) is 48.7 Å². The molecule has 11 nitrogen and oxygen atoms in total.